The van der Waals surface area contributed by atoms with Gasteiger partial charge in [0.05, 0.1) is 47.2 Å². The molecule has 110 valence electrons. The highest BCUT2D eigenvalue weighted by atomic mass is 35.5. The minimum atomic E-state index is -1.16. The molecule has 1 aromatic carbocycles. The summed E-state index contributed by atoms with van der Waals surface area (Å²) in [5.74, 6) is 0. The van der Waals surface area contributed by atoms with Crippen molar-refractivity contribution in [2.24, 2.45) is 0 Å². The standard InChI is InChI=1S/C12H14Cl2N2O4/c13-7-3-9-10(4-8(7)14)16(6-15-9)12(11(19)5-18)20-2-1-17/h3-4,6,11-12,17-19H,1-2,5H2/t11-,12?/m1/s1. The summed E-state index contributed by atoms with van der Waals surface area (Å²) in [7, 11) is 0. The number of benzene rings is 1. The molecule has 8 heteroatoms. The lowest BCUT2D eigenvalue weighted by Gasteiger charge is -2.23. The average Bonchev–Trinajstić information content (AvgIpc) is 2.82. The molecule has 3 N–H and O–H groups in total. The van der Waals surface area contributed by atoms with Gasteiger partial charge in [-0.3, -0.25) is 0 Å². The van der Waals surface area contributed by atoms with E-state index < -0.39 is 18.9 Å². The fourth-order valence-corrected chi connectivity index (χ4v) is 2.18. The van der Waals surface area contributed by atoms with Crippen LogP contribution in [0.1, 0.15) is 6.23 Å². The predicted octanol–water partition coefficient (Wildman–Crippen LogP) is 1.20. The van der Waals surface area contributed by atoms with Crippen LogP contribution in [0.25, 0.3) is 11.0 Å². The number of aromatic nitrogens is 2. The Morgan fingerprint density at radius 2 is 1.95 bits per heavy atom. The molecule has 1 unspecified atom stereocenters. The monoisotopic (exact) mass is 320 g/mol. The maximum atomic E-state index is 9.84. The molecule has 20 heavy (non-hydrogen) atoms. The van der Waals surface area contributed by atoms with E-state index >= 15 is 0 Å². The van der Waals surface area contributed by atoms with Crippen LogP contribution < -0.4 is 0 Å². The Balaban J connectivity index is 2.44. The van der Waals surface area contributed by atoms with E-state index in [4.69, 9.17) is 38.2 Å². The van der Waals surface area contributed by atoms with Crippen molar-refractivity contribution < 1.29 is 20.1 Å². The number of imidazole rings is 1. The molecule has 0 saturated carbocycles. The van der Waals surface area contributed by atoms with Crippen molar-refractivity contribution in [3.8, 4) is 0 Å². The van der Waals surface area contributed by atoms with E-state index in [1.807, 2.05) is 0 Å². The maximum absolute atomic E-state index is 9.84. The fourth-order valence-electron chi connectivity index (χ4n) is 1.87. The quantitative estimate of drug-likeness (QED) is 0.744. The van der Waals surface area contributed by atoms with Crippen LogP contribution in [0.3, 0.4) is 0 Å². The Morgan fingerprint density at radius 3 is 2.60 bits per heavy atom. The van der Waals surface area contributed by atoms with Crippen molar-refractivity contribution in [2.75, 3.05) is 19.8 Å². The van der Waals surface area contributed by atoms with E-state index in [1.54, 1.807) is 12.1 Å². The summed E-state index contributed by atoms with van der Waals surface area (Å²) in [4.78, 5) is 4.15. The summed E-state index contributed by atoms with van der Waals surface area (Å²) in [5, 5.41) is 28.5. The van der Waals surface area contributed by atoms with E-state index in [0.29, 0.717) is 21.1 Å². The molecule has 0 aliphatic carbocycles. The van der Waals surface area contributed by atoms with E-state index in [0.717, 1.165) is 0 Å². The van der Waals surface area contributed by atoms with Crippen LogP contribution in [-0.4, -0.2) is 50.8 Å². The third kappa shape index (κ3) is 3.06. The number of aliphatic hydroxyl groups excluding tert-OH is 3. The molecule has 0 aliphatic heterocycles. The first-order valence-electron chi connectivity index (χ1n) is 5.91. The van der Waals surface area contributed by atoms with Crippen molar-refractivity contribution in [3.05, 3.63) is 28.5 Å². The zero-order valence-electron chi connectivity index (χ0n) is 10.4. The third-order valence-electron chi connectivity index (χ3n) is 2.79. The summed E-state index contributed by atoms with van der Waals surface area (Å²) in [6, 6.07) is 3.20. The zero-order valence-corrected chi connectivity index (χ0v) is 11.9. The van der Waals surface area contributed by atoms with Gasteiger partial charge in [0.2, 0.25) is 0 Å². The van der Waals surface area contributed by atoms with Crippen LogP contribution in [0.15, 0.2) is 18.5 Å². The van der Waals surface area contributed by atoms with Crippen LogP contribution in [-0.2, 0) is 4.74 Å². The molecular formula is C12H14Cl2N2O4. The Hall–Kier alpha value is -0.890. The zero-order chi connectivity index (χ0) is 14.7. The number of aliphatic hydroxyl groups is 3. The largest absolute Gasteiger partial charge is 0.394 e. The van der Waals surface area contributed by atoms with Gasteiger partial charge in [0.15, 0.2) is 6.23 Å². The molecule has 1 heterocycles. The first-order chi connectivity index (χ1) is 9.58. The summed E-state index contributed by atoms with van der Waals surface area (Å²) in [5.41, 5.74) is 1.19. The number of hydrogen-bond donors (Lipinski definition) is 3. The van der Waals surface area contributed by atoms with Gasteiger partial charge < -0.3 is 24.6 Å². The van der Waals surface area contributed by atoms with Gasteiger partial charge in [0.25, 0.3) is 0 Å². The second-order valence-corrected chi connectivity index (χ2v) is 4.96. The van der Waals surface area contributed by atoms with E-state index in [2.05, 4.69) is 4.98 Å². The Morgan fingerprint density at radius 1 is 1.25 bits per heavy atom. The molecule has 0 spiro atoms. The summed E-state index contributed by atoms with van der Waals surface area (Å²) >= 11 is 11.9. The van der Waals surface area contributed by atoms with Crippen molar-refractivity contribution in [2.45, 2.75) is 12.3 Å². The molecule has 1 aromatic heterocycles. The van der Waals surface area contributed by atoms with E-state index in [9.17, 15) is 5.11 Å². The molecule has 2 atom stereocenters. The van der Waals surface area contributed by atoms with Crippen molar-refractivity contribution >= 4 is 34.2 Å². The molecule has 0 bridgehead atoms. The van der Waals surface area contributed by atoms with Gasteiger partial charge in [-0.25, -0.2) is 4.98 Å². The van der Waals surface area contributed by atoms with E-state index in [1.165, 1.54) is 10.9 Å². The van der Waals surface area contributed by atoms with Crippen molar-refractivity contribution in [1.82, 2.24) is 9.55 Å². The van der Waals surface area contributed by atoms with Gasteiger partial charge in [-0.05, 0) is 12.1 Å². The second kappa shape index (κ2) is 6.71. The summed E-state index contributed by atoms with van der Waals surface area (Å²) < 4.78 is 6.89. The van der Waals surface area contributed by atoms with Crippen molar-refractivity contribution in [1.29, 1.82) is 0 Å². The van der Waals surface area contributed by atoms with Gasteiger partial charge in [-0.1, -0.05) is 23.2 Å². The highest BCUT2D eigenvalue weighted by molar-refractivity contribution is 6.42. The molecule has 0 fully saturated rings. The van der Waals surface area contributed by atoms with Crippen molar-refractivity contribution in [3.63, 3.8) is 0 Å². The van der Waals surface area contributed by atoms with Gasteiger partial charge >= 0.3 is 0 Å². The van der Waals surface area contributed by atoms with E-state index in [-0.39, 0.29) is 13.2 Å². The van der Waals surface area contributed by atoms with Gasteiger partial charge in [0.1, 0.15) is 6.10 Å². The Kier molecular flexibility index (Phi) is 5.20. The average molecular weight is 321 g/mol. The second-order valence-electron chi connectivity index (χ2n) is 4.14. The molecule has 6 nitrogen and oxygen atoms in total. The molecule has 0 aliphatic rings. The first kappa shape index (κ1) is 15.5. The molecule has 2 rings (SSSR count). The van der Waals surface area contributed by atoms with Gasteiger partial charge in [0, 0.05) is 0 Å². The number of fused-ring (bicyclic) bond motifs is 1. The lowest BCUT2D eigenvalue weighted by atomic mass is 10.2. The lowest BCUT2D eigenvalue weighted by Crippen LogP contribution is -2.30. The molecule has 0 amide bonds. The highest BCUT2D eigenvalue weighted by Gasteiger charge is 2.23. The minimum Gasteiger partial charge on any atom is -0.394 e. The van der Waals surface area contributed by atoms with Gasteiger partial charge in [-0.15, -0.1) is 0 Å². The number of halogens is 2. The van der Waals surface area contributed by atoms with Crippen LogP contribution >= 0.6 is 23.2 Å². The fraction of sp³-hybridized carbons (Fsp3) is 0.417. The lowest BCUT2D eigenvalue weighted by molar-refractivity contribution is -0.102. The number of hydrogen-bond acceptors (Lipinski definition) is 5. The number of ether oxygens (including phenoxy) is 1. The maximum Gasteiger partial charge on any atom is 0.163 e. The Bertz CT molecular complexity index is 590. The molecule has 2 aromatic rings. The highest BCUT2D eigenvalue weighted by Crippen LogP contribution is 2.29. The SMILES string of the molecule is OCCOC([C@H](O)CO)n1cnc2cc(Cl)c(Cl)cc21. The summed E-state index contributed by atoms with van der Waals surface area (Å²) in [6.07, 6.45) is -0.582. The smallest absolute Gasteiger partial charge is 0.163 e. The van der Waals surface area contributed by atoms with Crippen LogP contribution in [0.2, 0.25) is 10.0 Å². The Labute approximate surface area is 125 Å². The third-order valence-corrected chi connectivity index (χ3v) is 3.51. The minimum absolute atomic E-state index is 0.0166. The predicted molar refractivity (Wildman–Crippen MR) is 74.9 cm³/mol. The first-order valence-corrected chi connectivity index (χ1v) is 6.67. The number of rotatable bonds is 6. The molecule has 0 radical (unpaired) electrons. The molecule has 0 saturated heterocycles. The summed E-state index contributed by atoms with van der Waals surface area (Å²) in [6.45, 7) is -0.673. The van der Waals surface area contributed by atoms with Crippen LogP contribution in [0, 0.1) is 0 Å². The van der Waals surface area contributed by atoms with Crippen LogP contribution in [0.4, 0.5) is 0 Å². The normalized spacial score (nSPS) is 14.7. The van der Waals surface area contributed by atoms with Crippen LogP contribution in [0.5, 0.6) is 0 Å². The number of nitrogens with zero attached hydrogens (tertiary/aromatic N) is 2. The molecular weight excluding hydrogens is 307 g/mol. The van der Waals surface area contributed by atoms with Gasteiger partial charge in [-0.2, -0.15) is 0 Å². The topological polar surface area (TPSA) is 87.7 Å².